The molecular weight excluding hydrogens is 236 g/mol. The molecule has 0 amide bonds. The first kappa shape index (κ1) is 9.88. The predicted octanol–water partition coefficient (Wildman–Crippen LogP) is 2.18. The first-order chi connectivity index (χ1) is 6.74. The van der Waals surface area contributed by atoms with E-state index < -0.39 is 0 Å². The Morgan fingerprint density at radius 1 is 1.43 bits per heavy atom. The number of nitrogens with zero attached hydrogens (tertiary/aromatic N) is 3. The number of aromatic nitrogens is 3. The van der Waals surface area contributed by atoms with Gasteiger partial charge in [0.15, 0.2) is 4.34 Å². The number of anilines is 1. The third-order valence-corrected chi connectivity index (χ3v) is 4.46. The lowest BCUT2D eigenvalue weighted by atomic mass is 10.6. The van der Waals surface area contributed by atoms with E-state index in [0.717, 1.165) is 15.1 Å². The third kappa shape index (κ3) is 2.43. The zero-order chi connectivity index (χ0) is 9.97. The molecule has 0 bridgehead atoms. The molecule has 74 valence electrons. The Balaban J connectivity index is 1.94. The highest BCUT2D eigenvalue weighted by molar-refractivity contribution is 8.00. The van der Waals surface area contributed by atoms with Crippen LogP contribution in [0.2, 0.25) is 0 Å². The van der Waals surface area contributed by atoms with Crippen LogP contribution < -0.4 is 5.73 Å². The minimum Gasteiger partial charge on any atom is -0.374 e. The monoisotopic (exact) mass is 244 g/mol. The minimum absolute atomic E-state index is 0.521. The molecule has 0 radical (unpaired) electrons. The van der Waals surface area contributed by atoms with E-state index in [1.54, 1.807) is 23.1 Å². The first-order valence-corrected chi connectivity index (χ1v) is 6.49. The van der Waals surface area contributed by atoms with Gasteiger partial charge in [0.25, 0.3) is 0 Å². The molecular formula is C7H8N4S3. The van der Waals surface area contributed by atoms with Crippen molar-refractivity contribution < 1.29 is 0 Å². The Hall–Kier alpha value is -0.660. The predicted molar refractivity (Wildman–Crippen MR) is 60.7 cm³/mol. The number of hydrogen-bond acceptors (Lipinski definition) is 7. The molecule has 0 saturated carbocycles. The van der Waals surface area contributed by atoms with E-state index in [9.17, 15) is 0 Å². The lowest BCUT2D eigenvalue weighted by molar-refractivity contribution is 1.02. The molecule has 4 nitrogen and oxygen atoms in total. The summed E-state index contributed by atoms with van der Waals surface area (Å²) >= 11 is 4.77. The van der Waals surface area contributed by atoms with E-state index in [2.05, 4.69) is 15.2 Å². The molecule has 0 spiro atoms. The van der Waals surface area contributed by atoms with Crippen molar-refractivity contribution in [1.82, 2.24) is 15.2 Å². The van der Waals surface area contributed by atoms with Crippen LogP contribution in [-0.2, 0) is 5.75 Å². The van der Waals surface area contributed by atoms with Crippen LogP contribution in [-0.4, -0.2) is 15.2 Å². The van der Waals surface area contributed by atoms with Gasteiger partial charge in [-0.1, -0.05) is 23.1 Å². The van der Waals surface area contributed by atoms with E-state index in [-0.39, 0.29) is 0 Å². The van der Waals surface area contributed by atoms with E-state index in [1.165, 1.54) is 16.2 Å². The summed E-state index contributed by atoms with van der Waals surface area (Å²) in [6.45, 7) is 2.00. The molecule has 2 heterocycles. The van der Waals surface area contributed by atoms with Gasteiger partial charge in [-0.25, -0.2) is 4.98 Å². The maximum atomic E-state index is 5.47. The SMILES string of the molecule is Cc1ncc(CSc2nnc(N)s2)s1. The Morgan fingerprint density at radius 3 is 2.86 bits per heavy atom. The third-order valence-electron chi connectivity index (χ3n) is 1.43. The number of hydrogen-bond donors (Lipinski definition) is 1. The van der Waals surface area contributed by atoms with Gasteiger partial charge in [-0.2, -0.15) is 0 Å². The van der Waals surface area contributed by atoms with Crippen molar-refractivity contribution in [3.63, 3.8) is 0 Å². The summed E-state index contributed by atoms with van der Waals surface area (Å²) in [7, 11) is 0. The average molecular weight is 244 g/mol. The van der Waals surface area contributed by atoms with Gasteiger partial charge in [-0.15, -0.1) is 21.5 Å². The van der Waals surface area contributed by atoms with Gasteiger partial charge >= 0.3 is 0 Å². The second kappa shape index (κ2) is 4.24. The summed E-state index contributed by atoms with van der Waals surface area (Å²) in [6, 6.07) is 0. The van der Waals surface area contributed by atoms with Crippen LogP contribution in [0.15, 0.2) is 10.5 Å². The quantitative estimate of drug-likeness (QED) is 0.838. The summed E-state index contributed by atoms with van der Waals surface area (Å²) in [6.07, 6.45) is 1.90. The zero-order valence-electron chi connectivity index (χ0n) is 7.43. The van der Waals surface area contributed by atoms with Crippen LogP contribution in [0.3, 0.4) is 0 Å². The lowest BCUT2D eigenvalue weighted by Gasteiger charge is -1.90. The topological polar surface area (TPSA) is 64.7 Å². The number of nitrogen functional groups attached to an aromatic ring is 1. The van der Waals surface area contributed by atoms with E-state index in [0.29, 0.717) is 5.13 Å². The first-order valence-electron chi connectivity index (χ1n) is 3.87. The fraction of sp³-hybridized carbons (Fsp3) is 0.286. The smallest absolute Gasteiger partial charge is 0.203 e. The highest BCUT2D eigenvalue weighted by atomic mass is 32.2. The van der Waals surface area contributed by atoms with Crippen molar-refractivity contribution in [2.24, 2.45) is 0 Å². The Labute approximate surface area is 93.6 Å². The molecule has 0 fully saturated rings. The van der Waals surface area contributed by atoms with Crippen LogP contribution in [0.25, 0.3) is 0 Å². The molecule has 2 aromatic heterocycles. The van der Waals surface area contributed by atoms with Gasteiger partial charge in [-0.05, 0) is 6.92 Å². The van der Waals surface area contributed by atoms with Crippen LogP contribution in [0.5, 0.6) is 0 Å². The number of aryl methyl sites for hydroxylation is 1. The number of thioether (sulfide) groups is 1. The molecule has 2 rings (SSSR count). The van der Waals surface area contributed by atoms with Crippen molar-refractivity contribution in [3.8, 4) is 0 Å². The van der Waals surface area contributed by atoms with Crippen LogP contribution >= 0.6 is 34.4 Å². The standard InChI is InChI=1S/C7H8N4S3/c1-4-9-2-5(13-4)3-12-7-11-10-6(8)14-7/h2H,3H2,1H3,(H2,8,10). The zero-order valence-corrected chi connectivity index (χ0v) is 9.88. The molecule has 14 heavy (non-hydrogen) atoms. The minimum atomic E-state index is 0.521. The Morgan fingerprint density at radius 2 is 2.29 bits per heavy atom. The summed E-state index contributed by atoms with van der Waals surface area (Å²) in [4.78, 5) is 5.43. The highest BCUT2D eigenvalue weighted by Gasteiger charge is 2.03. The van der Waals surface area contributed by atoms with Gasteiger partial charge in [0.1, 0.15) is 0 Å². The Kier molecular flexibility index (Phi) is 2.99. The molecule has 0 aliphatic carbocycles. The molecule has 7 heteroatoms. The molecule has 0 saturated heterocycles. The molecule has 2 aromatic rings. The molecule has 0 atom stereocenters. The number of thiazole rings is 1. The van der Waals surface area contributed by atoms with Crippen molar-refractivity contribution in [1.29, 1.82) is 0 Å². The van der Waals surface area contributed by atoms with Gasteiger partial charge in [0.05, 0.1) is 5.01 Å². The number of nitrogens with two attached hydrogens (primary N) is 1. The summed E-state index contributed by atoms with van der Waals surface area (Å²) < 4.78 is 0.911. The van der Waals surface area contributed by atoms with Gasteiger partial charge < -0.3 is 5.73 Å². The highest BCUT2D eigenvalue weighted by Crippen LogP contribution is 2.28. The maximum Gasteiger partial charge on any atom is 0.203 e. The van der Waals surface area contributed by atoms with Crippen LogP contribution in [0.4, 0.5) is 5.13 Å². The molecule has 2 N–H and O–H groups in total. The summed E-state index contributed by atoms with van der Waals surface area (Å²) in [5, 5.41) is 9.29. The molecule has 0 aliphatic rings. The second-order valence-electron chi connectivity index (χ2n) is 2.54. The van der Waals surface area contributed by atoms with Crippen molar-refractivity contribution >= 4 is 39.6 Å². The van der Waals surface area contributed by atoms with Gasteiger partial charge in [-0.3, -0.25) is 0 Å². The average Bonchev–Trinajstić information content (AvgIpc) is 2.72. The van der Waals surface area contributed by atoms with Crippen LogP contribution in [0, 0.1) is 6.92 Å². The van der Waals surface area contributed by atoms with Crippen molar-refractivity contribution in [2.75, 3.05) is 5.73 Å². The van der Waals surface area contributed by atoms with E-state index in [4.69, 9.17) is 5.73 Å². The van der Waals surface area contributed by atoms with Gasteiger partial charge in [0, 0.05) is 16.8 Å². The van der Waals surface area contributed by atoms with Gasteiger partial charge in [0.2, 0.25) is 5.13 Å². The normalized spacial score (nSPS) is 10.6. The maximum absolute atomic E-state index is 5.47. The summed E-state index contributed by atoms with van der Waals surface area (Å²) in [5.74, 6) is 0.889. The lowest BCUT2D eigenvalue weighted by Crippen LogP contribution is -1.79. The second-order valence-corrected chi connectivity index (χ2v) is 6.09. The molecule has 0 aromatic carbocycles. The fourth-order valence-corrected chi connectivity index (χ4v) is 3.34. The van der Waals surface area contributed by atoms with Crippen LogP contribution in [0.1, 0.15) is 9.88 Å². The Bertz CT molecular complexity index is 382. The summed E-state index contributed by atoms with van der Waals surface area (Å²) in [5.41, 5.74) is 5.47. The van der Waals surface area contributed by atoms with E-state index in [1.807, 2.05) is 13.1 Å². The van der Waals surface area contributed by atoms with Crippen molar-refractivity contribution in [3.05, 3.63) is 16.1 Å². The van der Waals surface area contributed by atoms with Crippen molar-refractivity contribution in [2.45, 2.75) is 17.0 Å². The molecule has 0 unspecified atom stereocenters. The molecule has 0 aliphatic heterocycles. The fourth-order valence-electron chi connectivity index (χ4n) is 0.884. The number of rotatable bonds is 3. The van der Waals surface area contributed by atoms with E-state index >= 15 is 0 Å². The largest absolute Gasteiger partial charge is 0.374 e.